The molecule has 0 aromatic rings. The highest BCUT2D eigenvalue weighted by Crippen LogP contribution is 2.38. The van der Waals surface area contributed by atoms with Gasteiger partial charge in [0.25, 0.3) is 0 Å². The highest BCUT2D eigenvalue weighted by atomic mass is 19.4. The predicted octanol–water partition coefficient (Wildman–Crippen LogP) is 0.900. The Hall–Kier alpha value is -0.820. The molecule has 110 valence electrons. The topological polar surface area (TPSA) is 52.6 Å². The van der Waals surface area contributed by atoms with Crippen molar-refractivity contribution in [1.82, 2.24) is 10.2 Å². The van der Waals surface area contributed by atoms with E-state index in [1.807, 2.05) is 6.92 Å². The summed E-state index contributed by atoms with van der Waals surface area (Å²) >= 11 is 0. The van der Waals surface area contributed by atoms with Gasteiger partial charge in [-0.15, -0.1) is 0 Å². The summed E-state index contributed by atoms with van der Waals surface area (Å²) < 4.78 is 38.1. The van der Waals surface area contributed by atoms with Crippen molar-refractivity contribution in [2.24, 2.45) is 5.92 Å². The first-order valence-electron chi connectivity index (χ1n) is 6.56. The number of aliphatic hydroxyl groups is 1. The van der Waals surface area contributed by atoms with Crippen LogP contribution in [-0.2, 0) is 4.79 Å². The lowest BCUT2D eigenvalue weighted by atomic mass is 9.90. The van der Waals surface area contributed by atoms with E-state index in [1.54, 1.807) is 0 Å². The summed E-state index contributed by atoms with van der Waals surface area (Å²) in [5.74, 6) is -0.566. The van der Waals surface area contributed by atoms with Gasteiger partial charge in [-0.1, -0.05) is 0 Å². The zero-order chi connectivity index (χ0) is 14.3. The number of nitrogens with one attached hydrogen (secondary N) is 1. The standard InChI is InChI=1S/C12H19F3N2O2/c1-8-9(3-2-5-16-8)10(18)17-6-4-11(19,7-17)12(13,14)15/h8-9,16,19H,2-7H2,1H3. The Bertz CT molecular complexity index is 361. The molecule has 2 aliphatic heterocycles. The van der Waals surface area contributed by atoms with Crippen LogP contribution in [0.3, 0.4) is 0 Å². The van der Waals surface area contributed by atoms with Gasteiger partial charge >= 0.3 is 6.18 Å². The van der Waals surface area contributed by atoms with Crippen LogP contribution in [0, 0.1) is 5.92 Å². The highest BCUT2D eigenvalue weighted by molar-refractivity contribution is 5.80. The van der Waals surface area contributed by atoms with E-state index < -0.39 is 24.7 Å². The van der Waals surface area contributed by atoms with Crippen molar-refractivity contribution >= 4 is 5.91 Å². The van der Waals surface area contributed by atoms with Crippen molar-refractivity contribution in [3.05, 3.63) is 0 Å². The van der Waals surface area contributed by atoms with Crippen LogP contribution in [0.4, 0.5) is 13.2 Å². The molecule has 2 fully saturated rings. The van der Waals surface area contributed by atoms with Gasteiger partial charge in [-0.2, -0.15) is 13.2 Å². The van der Waals surface area contributed by atoms with E-state index in [1.165, 1.54) is 0 Å². The van der Waals surface area contributed by atoms with E-state index in [4.69, 9.17) is 0 Å². The molecule has 0 saturated carbocycles. The van der Waals surface area contributed by atoms with Crippen molar-refractivity contribution in [3.8, 4) is 0 Å². The molecular formula is C12H19F3N2O2. The van der Waals surface area contributed by atoms with Gasteiger partial charge in [-0.05, 0) is 26.3 Å². The van der Waals surface area contributed by atoms with E-state index in [9.17, 15) is 23.1 Å². The maximum Gasteiger partial charge on any atom is 0.419 e. The number of hydrogen-bond donors (Lipinski definition) is 2. The van der Waals surface area contributed by atoms with Crippen LogP contribution in [-0.4, -0.2) is 53.4 Å². The Kier molecular flexibility index (Phi) is 3.79. The predicted molar refractivity (Wildman–Crippen MR) is 62.4 cm³/mol. The van der Waals surface area contributed by atoms with Crippen LogP contribution >= 0.6 is 0 Å². The quantitative estimate of drug-likeness (QED) is 0.750. The molecule has 0 radical (unpaired) electrons. The molecule has 0 aromatic heterocycles. The summed E-state index contributed by atoms with van der Waals surface area (Å²) in [6, 6.07) is -0.0270. The smallest absolute Gasteiger partial charge is 0.379 e. The van der Waals surface area contributed by atoms with Gasteiger partial charge in [0.05, 0.1) is 12.5 Å². The molecule has 0 aromatic carbocycles. The number of β-amino-alcohol motifs (C(OH)–C–C–N with tert-alkyl or cyclic N) is 1. The number of likely N-dealkylation sites (tertiary alicyclic amines) is 1. The van der Waals surface area contributed by atoms with Gasteiger partial charge in [-0.3, -0.25) is 4.79 Å². The fourth-order valence-corrected chi connectivity index (χ4v) is 2.83. The number of halogens is 3. The van der Waals surface area contributed by atoms with E-state index in [0.29, 0.717) is 6.42 Å². The Balaban J connectivity index is 2.02. The first-order valence-corrected chi connectivity index (χ1v) is 6.56. The molecule has 0 aliphatic carbocycles. The number of nitrogens with zero attached hydrogens (tertiary/aromatic N) is 1. The molecule has 0 spiro atoms. The van der Waals surface area contributed by atoms with Crippen LogP contribution in [0.25, 0.3) is 0 Å². The summed E-state index contributed by atoms with van der Waals surface area (Å²) in [7, 11) is 0. The number of rotatable bonds is 1. The number of hydrogen-bond acceptors (Lipinski definition) is 3. The Morgan fingerprint density at radius 3 is 2.68 bits per heavy atom. The molecule has 2 N–H and O–H groups in total. The lowest BCUT2D eigenvalue weighted by Gasteiger charge is -2.33. The largest absolute Gasteiger partial charge is 0.419 e. The molecule has 3 unspecified atom stereocenters. The van der Waals surface area contributed by atoms with Gasteiger partial charge in [-0.25, -0.2) is 0 Å². The first kappa shape index (κ1) is 14.6. The average Bonchev–Trinajstić information content (AvgIpc) is 2.72. The molecule has 7 heteroatoms. The molecule has 2 aliphatic rings. The third kappa shape index (κ3) is 2.72. The molecule has 2 heterocycles. The number of carbonyl (C=O) groups is 1. The molecular weight excluding hydrogens is 261 g/mol. The summed E-state index contributed by atoms with van der Waals surface area (Å²) in [5.41, 5.74) is -2.74. The zero-order valence-electron chi connectivity index (χ0n) is 10.8. The number of piperidine rings is 1. The Morgan fingerprint density at radius 2 is 2.16 bits per heavy atom. The van der Waals surface area contributed by atoms with Crippen LogP contribution in [0.1, 0.15) is 26.2 Å². The summed E-state index contributed by atoms with van der Waals surface area (Å²) in [4.78, 5) is 13.4. The monoisotopic (exact) mass is 280 g/mol. The third-order valence-electron chi connectivity index (χ3n) is 4.17. The summed E-state index contributed by atoms with van der Waals surface area (Å²) in [5, 5.41) is 12.7. The fourth-order valence-electron chi connectivity index (χ4n) is 2.83. The van der Waals surface area contributed by atoms with E-state index >= 15 is 0 Å². The van der Waals surface area contributed by atoms with Gasteiger partial charge in [0.1, 0.15) is 0 Å². The minimum absolute atomic E-state index is 0.0270. The minimum Gasteiger partial charge on any atom is -0.379 e. The van der Waals surface area contributed by atoms with E-state index in [2.05, 4.69) is 5.32 Å². The van der Waals surface area contributed by atoms with Gasteiger partial charge in [0.15, 0.2) is 5.60 Å². The average molecular weight is 280 g/mol. The van der Waals surface area contributed by atoms with Crippen molar-refractivity contribution in [2.45, 2.75) is 44.0 Å². The Labute approximate surface area is 110 Å². The highest BCUT2D eigenvalue weighted by Gasteiger charge is 2.58. The van der Waals surface area contributed by atoms with Crippen molar-refractivity contribution < 1.29 is 23.1 Å². The Morgan fingerprint density at radius 1 is 1.47 bits per heavy atom. The lowest BCUT2D eigenvalue weighted by Crippen LogP contribution is -2.51. The van der Waals surface area contributed by atoms with Crippen LogP contribution in [0.15, 0.2) is 0 Å². The SMILES string of the molecule is CC1NCCCC1C(=O)N1CCC(O)(C(F)(F)F)C1. The first-order chi connectivity index (χ1) is 8.74. The maximum atomic E-state index is 12.7. The zero-order valence-corrected chi connectivity index (χ0v) is 10.8. The number of alkyl halides is 3. The second kappa shape index (κ2) is 4.94. The number of carbonyl (C=O) groups excluding carboxylic acids is 1. The van der Waals surface area contributed by atoms with E-state index in [0.717, 1.165) is 17.9 Å². The third-order valence-corrected chi connectivity index (χ3v) is 4.17. The second-order valence-electron chi connectivity index (χ2n) is 5.53. The summed E-state index contributed by atoms with van der Waals surface area (Å²) in [6.45, 7) is 2.03. The van der Waals surface area contributed by atoms with Crippen molar-refractivity contribution in [1.29, 1.82) is 0 Å². The molecule has 19 heavy (non-hydrogen) atoms. The molecule has 0 bridgehead atoms. The van der Waals surface area contributed by atoms with Crippen molar-refractivity contribution in [2.75, 3.05) is 19.6 Å². The van der Waals surface area contributed by atoms with E-state index in [-0.39, 0.29) is 24.4 Å². The lowest BCUT2D eigenvalue weighted by molar-refractivity contribution is -0.253. The van der Waals surface area contributed by atoms with Gasteiger partial charge in [0, 0.05) is 19.0 Å². The normalized spacial score (nSPS) is 36.6. The minimum atomic E-state index is -4.68. The van der Waals surface area contributed by atoms with Crippen molar-refractivity contribution in [3.63, 3.8) is 0 Å². The fraction of sp³-hybridized carbons (Fsp3) is 0.917. The van der Waals surface area contributed by atoms with Crippen LogP contribution in [0.5, 0.6) is 0 Å². The molecule has 2 rings (SSSR count). The molecule has 3 atom stereocenters. The van der Waals surface area contributed by atoms with Gasteiger partial charge in [0.2, 0.25) is 5.91 Å². The second-order valence-corrected chi connectivity index (χ2v) is 5.53. The van der Waals surface area contributed by atoms with Gasteiger partial charge < -0.3 is 15.3 Å². The summed E-state index contributed by atoms with van der Waals surface area (Å²) in [6.07, 6.45) is -3.58. The number of amides is 1. The molecule has 2 saturated heterocycles. The van der Waals surface area contributed by atoms with Crippen LogP contribution in [0.2, 0.25) is 0 Å². The van der Waals surface area contributed by atoms with Crippen LogP contribution < -0.4 is 5.32 Å². The molecule has 4 nitrogen and oxygen atoms in total. The maximum absolute atomic E-state index is 12.7. The molecule has 1 amide bonds.